The van der Waals surface area contributed by atoms with Crippen LogP contribution in [-0.4, -0.2) is 33.6 Å². The lowest BCUT2D eigenvalue weighted by molar-refractivity contribution is 0.0955. The van der Waals surface area contributed by atoms with Crippen LogP contribution in [0.15, 0.2) is 70.2 Å². The van der Waals surface area contributed by atoms with E-state index in [1.54, 1.807) is 48.5 Å². The summed E-state index contributed by atoms with van der Waals surface area (Å²) < 4.78 is 37.4. The summed E-state index contributed by atoms with van der Waals surface area (Å²) in [5.41, 5.74) is 4.69. The number of hydrogen-bond donors (Lipinski definition) is 1. The number of ether oxygens (including phenoxy) is 2. The fourth-order valence-electron chi connectivity index (χ4n) is 3.19. The third kappa shape index (κ3) is 5.69. The molecule has 34 heavy (non-hydrogen) atoms. The molecular weight excluding hydrogens is 546 g/mol. The zero-order valence-corrected chi connectivity index (χ0v) is 21.0. The Morgan fingerprint density at radius 1 is 1.12 bits per heavy atom. The lowest BCUT2D eigenvalue weighted by Gasteiger charge is -2.22. The zero-order valence-electron chi connectivity index (χ0n) is 17.9. The van der Waals surface area contributed by atoms with Crippen molar-refractivity contribution in [2.75, 3.05) is 17.4 Å². The van der Waals surface area contributed by atoms with Crippen molar-refractivity contribution in [3.8, 4) is 11.5 Å². The minimum Gasteiger partial charge on any atom is -0.454 e. The first-order chi connectivity index (χ1) is 16.2. The fourth-order valence-corrected chi connectivity index (χ4v) is 4.63. The average molecular weight is 565 g/mol. The second-order valence-corrected chi connectivity index (χ2v) is 10.6. The summed E-state index contributed by atoms with van der Waals surface area (Å²) in [6.45, 7) is 0.293. The summed E-state index contributed by atoms with van der Waals surface area (Å²) in [5, 5.41) is 4.56. The zero-order chi connectivity index (χ0) is 24.3. The number of sulfonamides is 1. The maximum atomic E-state index is 12.5. The first-order valence-electron chi connectivity index (χ1n) is 9.95. The molecule has 1 N–H and O–H groups in total. The SMILES string of the molecule is CS(=O)(=O)N(Cc1ccc(Cl)cc1)c1ccc(C(=O)N/N=C\c2cc3c(cc2Br)OCO3)cc1. The van der Waals surface area contributed by atoms with Crippen molar-refractivity contribution in [2.24, 2.45) is 5.10 Å². The van der Waals surface area contributed by atoms with E-state index in [1.165, 1.54) is 22.7 Å². The van der Waals surface area contributed by atoms with E-state index in [9.17, 15) is 13.2 Å². The molecule has 1 amide bonds. The van der Waals surface area contributed by atoms with Gasteiger partial charge in [-0.1, -0.05) is 23.7 Å². The first-order valence-corrected chi connectivity index (χ1v) is 13.0. The molecule has 0 atom stereocenters. The van der Waals surface area contributed by atoms with Gasteiger partial charge in [0.25, 0.3) is 5.91 Å². The number of rotatable bonds is 7. The van der Waals surface area contributed by atoms with Gasteiger partial charge in [0.05, 0.1) is 24.7 Å². The Hall–Kier alpha value is -3.08. The topological polar surface area (TPSA) is 97.3 Å². The maximum Gasteiger partial charge on any atom is 0.271 e. The Kier molecular flexibility index (Phi) is 7.11. The van der Waals surface area contributed by atoms with Gasteiger partial charge in [-0.3, -0.25) is 9.10 Å². The van der Waals surface area contributed by atoms with Gasteiger partial charge >= 0.3 is 0 Å². The highest BCUT2D eigenvalue weighted by atomic mass is 79.9. The van der Waals surface area contributed by atoms with E-state index >= 15 is 0 Å². The van der Waals surface area contributed by atoms with Crippen LogP contribution in [0.1, 0.15) is 21.5 Å². The molecule has 4 rings (SSSR count). The molecule has 176 valence electrons. The van der Waals surface area contributed by atoms with Crippen LogP contribution in [0.4, 0.5) is 5.69 Å². The smallest absolute Gasteiger partial charge is 0.271 e. The molecule has 0 spiro atoms. The predicted molar refractivity (Wildman–Crippen MR) is 134 cm³/mol. The summed E-state index contributed by atoms with van der Waals surface area (Å²) in [6.07, 6.45) is 2.61. The van der Waals surface area contributed by atoms with Crippen LogP contribution < -0.4 is 19.2 Å². The Morgan fingerprint density at radius 2 is 1.76 bits per heavy atom. The molecule has 0 saturated carbocycles. The van der Waals surface area contributed by atoms with E-state index in [1.807, 2.05) is 0 Å². The van der Waals surface area contributed by atoms with Crippen LogP contribution in [-0.2, 0) is 16.6 Å². The Labute approximate surface area is 210 Å². The van der Waals surface area contributed by atoms with E-state index < -0.39 is 15.9 Å². The minimum absolute atomic E-state index is 0.135. The van der Waals surface area contributed by atoms with Crippen LogP contribution in [0, 0.1) is 0 Å². The van der Waals surface area contributed by atoms with Crippen LogP contribution in [0.2, 0.25) is 5.02 Å². The van der Waals surface area contributed by atoms with Crippen LogP contribution in [0.25, 0.3) is 0 Å². The summed E-state index contributed by atoms with van der Waals surface area (Å²) in [7, 11) is -3.56. The van der Waals surface area contributed by atoms with Crippen molar-refractivity contribution >= 4 is 55.4 Å². The second kappa shape index (κ2) is 10.0. The lowest BCUT2D eigenvalue weighted by Crippen LogP contribution is -2.29. The van der Waals surface area contributed by atoms with Gasteiger partial charge in [-0.25, -0.2) is 13.8 Å². The van der Waals surface area contributed by atoms with Crippen molar-refractivity contribution in [3.63, 3.8) is 0 Å². The van der Waals surface area contributed by atoms with Crippen LogP contribution in [0.5, 0.6) is 11.5 Å². The molecule has 0 saturated heterocycles. The van der Waals surface area contributed by atoms with Crippen molar-refractivity contribution in [3.05, 3.63) is 86.8 Å². The molecule has 0 fully saturated rings. The van der Waals surface area contributed by atoms with Gasteiger partial charge in [-0.2, -0.15) is 5.10 Å². The predicted octanol–water partition coefficient (Wildman–Crippen LogP) is 4.56. The van der Waals surface area contributed by atoms with Gasteiger partial charge in [0, 0.05) is 20.6 Å². The number of nitrogens with zero attached hydrogens (tertiary/aromatic N) is 2. The fraction of sp³-hybridized carbons (Fsp3) is 0.130. The molecule has 3 aromatic rings. The average Bonchev–Trinajstić information content (AvgIpc) is 3.25. The minimum atomic E-state index is -3.56. The van der Waals surface area contributed by atoms with Crippen molar-refractivity contribution in [1.82, 2.24) is 5.43 Å². The van der Waals surface area contributed by atoms with Gasteiger partial charge in [0.15, 0.2) is 11.5 Å². The first kappa shape index (κ1) is 24.1. The van der Waals surface area contributed by atoms with E-state index in [-0.39, 0.29) is 13.3 Å². The number of benzene rings is 3. The third-order valence-electron chi connectivity index (χ3n) is 4.92. The van der Waals surface area contributed by atoms with Crippen LogP contribution in [0.3, 0.4) is 0 Å². The Morgan fingerprint density at radius 3 is 2.41 bits per heavy atom. The summed E-state index contributed by atoms with van der Waals surface area (Å²) in [4.78, 5) is 12.5. The molecule has 0 radical (unpaired) electrons. The summed E-state index contributed by atoms with van der Waals surface area (Å²) in [6, 6.07) is 16.7. The monoisotopic (exact) mass is 563 g/mol. The number of carbonyl (C=O) groups is 1. The highest BCUT2D eigenvalue weighted by Gasteiger charge is 2.19. The Balaban J connectivity index is 1.45. The normalized spacial score (nSPS) is 12.7. The van der Waals surface area contributed by atoms with Gasteiger partial charge in [-0.15, -0.1) is 0 Å². The van der Waals surface area contributed by atoms with Gasteiger partial charge in [0.2, 0.25) is 16.8 Å². The quantitative estimate of drug-likeness (QED) is 0.335. The van der Waals surface area contributed by atoms with Crippen molar-refractivity contribution < 1.29 is 22.7 Å². The number of anilines is 1. The van der Waals surface area contributed by atoms with E-state index in [0.29, 0.717) is 33.3 Å². The molecular formula is C23H19BrClN3O5S. The summed E-state index contributed by atoms with van der Waals surface area (Å²) >= 11 is 9.34. The molecule has 11 heteroatoms. The van der Waals surface area contributed by atoms with E-state index in [2.05, 4.69) is 26.5 Å². The second-order valence-electron chi connectivity index (χ2n) is 7.37. The molecule has 0 bridgehead atoms. The largest absolute Gasteiger partial charge is 0.454 e. The van der Waals surface area contributed by atoms with Gasteiger partial charge in [-0.05, 0) is 70.0 Å². The Bertz CT molecular complexity index is 1350. The number of nitrogens with one attached hydrogen (secondary N) is 1. The number of carbonyl (C=O) groups excluding carboxylic acids is 1. The lowest BCUT2D eigenvalue weighted by atomic mass is 10.2. The maximum absolute atomic E-state index is 12.5. The molecule has 1 aliphatic heterocycles. The standard InChI is InChI=1S/C23H19BrClN3O5S/c1-34(30,31)28(13-15-2-6-18(25)7-3-15)19-8-4-16(5-9-19)23(29)27-26-12-17-10-21-22(11-20(17)24)33-14-32-21/h2-12H,13-14H2,1H3,(H,27,29)/b26-12-. The molecule has 1 aliphatic rings. The molecule has 0 aliphatic carbocycles. The highest BCUT2D eigenvalue weighted by Crippen LogP contribution is 2.36. The van der Waals surface area contributed by atoms with Gasteiger partial charge < -0.3 is 9.47 Å². The number of hydrogen-bond acceptors (Lipinski definition) is 6. The van der Waals surface area contributed by atoms with E-state index in [4.69, 9.17) is 21.1 Å². The van der Waals surface area contributed by atoms with Gasteiger partial charge in [0.1, 0.15) is 0 Å². The molecule has 0 aromatic heterocycles. The number of halogens is 2. The highest BCUT2D eigenvalue weighted by molar-refractivity contribution is 9.10. The number of hydrazone groups is 1. The van der Waals surface area contributed by atoms with Crippen LogP contribution >= 0.6 is 27.5 Å². The molecule has 3 aromatic carbocycles. The van der Waals surface area contributed by atoms with Crippen molar-refractivity contribution in [2.45, 2.75) is 6.54 Å². The molecule has 1 heterocycles. The molecule has 0 unspecified atom stereocenters. The van der Waals surface area contributed by atoms with E-state index in [0.717, 1.165) is 16.3 Å². The van der Waals surface area contributed by atoms with Crippen molar-refractivity contribution in [1.29, 1.82) is 0 Å². The number of amides is 1. The summed E-state index contributed by atoms with van der Waals surface area (Å²) in [5.74, 6) is 0.788. The third-order valence-corrected chi connectivity index (χ3v) is 7.00. The molecule has 8 nitrogen and oxygen atoms in total. The number of fused-ring (bicyclic) bond motifs is 1.